The molecule has 1 fully saturated rings. The second-order valence-corrected chi connectivity index (χ2v) is 5.43. The molecule has 1 aromatic carbocycles. The van der Waals surface area contributed by atoms with Gasteiger partial charge in [0.1, 0.15) is 0 Å². The predicted octanol–water partition coefficient (Wildman–Crippen LogP) is 2.50. The fourth-order valence-corrected chi connectivity index (χ4v) is 2.78. The van der Waals surface area contributed by atoms with E-state index < -0.39 is 0 Å². The van der Waals surface area contributed by atoms with Gasteiger partial charge in [-0.25, -0.2) is 4.99 Å². The van der Waals surface area contributed by atoms with Gasteiger partial charge in [-0.1, -0.05) is 31.2 Å². The highest BCUT2D eigenvalue weighted by atomic mass is 127. The molecular formula is C16H27IN4. The molecule has 2 rings (SSSR count). The van der Waals surface area contributed by atoms with E-state index >= 15 is 0 Å². The zero-order valence-corrected chi connectivity index (χ0v) is 15.3. The summed E-state index contributed by atoms with van der Waals surface area (Å²) < 4.78 is 0. The average Bonchev–Trinajstić information content (AvgIpc) is 2.91. The molecule has 0 saturated carbocycles. The minimum absolute atomic E-state index is 0. The molecule has 1 atom stereocenters. The molecule has 0 bridgehead atoms. The Hall–Kier alpha value is -0.820. The SMILES string of the molecule is CCN1CCCC1CNC(N)=NCc1ccccc1C.I. The Bertz CT molecular complexity index is 461. The van der Waals surface area contributed by atoms with E-state index in [4.69, 9.17) is 5.73 Å². The van der Waals surface area contributed by atoms with Gasteiger partial charge in [0.25, 0.3) is 0 Å². The number of nitrogens with two attached hydrogens (primary N) is 1. The molecule has 0 spiro atoms. The molecule has 1 aromatic rings. The molecule has 1 aliphatic rings. The van der Waals surface area contributed by atoms with Crippen LogP contribution in [0.3, 0.4) is 0 Å². The first-order chi connectivity index (χ1) is 9.70. The lowest BCUT2D eigenvalue weighted by Gasteiger charge is -2.23. The van der Waals surface area contributed by atoms with Crippen molar-refractivity contribution >= 4 is 29.9 Å². The summed E-state index contributed by atoms with van der Waals surface area (Å²) in [6.45, 7) is 8.19. The Balaban J connectivity index is 0.00000220. The van der Waals surface area contributed by atoms with Gasteiger partial charge < -0.3 is 11.1 Å². The Kier molecular flexibility index (Phi) is 8.03. The van der Waals surface area contributed by atoms with Crippen LogP contribution < -0.4 is 11.1 Å². The minimum Gasteiger partial charge on any atom is -0.370 e. The highest BCUT2D eigenvalue weighted by Gasteiger charge is 2.22. The van der Waals surface area contributed by atoms with Crippen LogP contribution in [0.5, 0.6) is 0 Å². The molecule has 118 valence electrons. The Morgan fingerprint density at radius 2 is 2.19 bits per heavy atom. The number of likely N-dealkylation sites (tertiary alicyclic amines) is 1. The van der Waals surface area contributed by atoms with Gasteiger partial charge in [-0.15, -0.1) is 24.0 Å². The smallest absolute Gasteiger partial charge is 0.188 e. The van der Waals surface area contributed by atoms with E-state index in [1.807, 2.05) is 12.1 Å². The number of likely N-dealkylation sites (N-methyl/N-ethyl adjacent to an activating group) is 1. The quantitative estimate of drug-likeness (QED) is 0.452. The highest BCUT2D eigenvalue weighted by molar-refractivity contribution is 14.0. The van der Waals surface area contributed by atoms with Gasteiger partial charge in [-0.3, -0.25) is 4.90 Å². The van der Waals surface area contributed by atoms with Gasteiger partial charge in [0, 0.05) is 12.6 Å². The lowest BCUT2D eigenvalue weighted by Crippen LogP contribution is -2.42. The number of aliphatic imine (C=N–C) groups is 1. The van der Waals surface area contributed by atoms with Crippen molar-refractivity contribution in [3.63, 3.8) is 0 Å². The lowest BCUT2D eigenvalue weighted by atomic mass is 10.1. The molecule has 4 nitrogen and oxygen atoms in total. The van der Waals surface area contributed by atoms with E-state index in [9.17, 15) is 0 Å². The maximum Gasteiger partial charge on any atom is 0.188 e. The number of nitrogens with zero attached hydrogens (tertiary/aromatic N) is 2. The molecule has 0 aliphatic carbocycles. The molecule has 1 aliphatic heterocycles. The van der Waals surface area contributed by atoms with E-state index in [0.717, 1.165) is 13.1 Å². The van der Waals surface area contributed by atoms with Crippen LogP contribution in [-0.2, 0) is 6.54 Å². The van der Waals surface area contributed by atoms with Gasteiger partial charge in [0.2, 0.25) is 0 Å². The Labute approximate surface area is 145 Å². The Morgan fingerprint density at radius 1 is 1.43 bits per heavy atom. The summed E-state index contributed by atoms with van der Waals surface area (Å²) in [5.74, 6) is 0.552. The number of halogens is 1. The molecule has 3 N–H and O–H groups in total. The van der Waals surface area contributed by atoms with Crippen LogP contribution >= 0.6 is 24.0 Å². The molecule has 0 radical (unpaired) electrons. The zero-order chi connectivity index (χ0) is 14.4. The van der Waals surface area contributed by atoms with Gasteiger partial charge >= 0.3 is 0 Å². The van der Waals surface area contributed by atoms with Crippen molar-refractivity contribution in [1.29, 1.82) is 0 Å². The molecule has 1 heterocycles. The number of rotatable bonds is 5. The van der Waals surface area contributed by atoms with E-state index in [0.29, 0.717) is 18.5 Å². The maximum atomic E-state index is 5.96. The monoisotopic (exact) mass is 402 g/mol. The molecule has 21 heavy (non-hydrogen) atoms. The van der Waals surface area contributed by atoms with Gasteiger partial charge in [0.15, 0.2) is 5.96 Å². The second-order valence-electron chi connectivity index (χ2n) is 5.43. The number of nitrogens with one attached hydrogen (secondary N) is 1. The van der Waals surface area contributed by atoms with E-state index in [1.165, 1.54) is 30.5 Å². The van der Waals surface area contributed by atoms with Crippen LogP contribution in [0.1, 0.15) is 30.9 Å². The zero-order valence-electron chi connectivity index (χ0n) is 13.0. The number of benzene rings is 1. The Morgan fingerprint density at radius 3 is 2.90 bits per heavy atom. The fraction of sp³-hybridized carbons (Fsp3) is 0.562. The van der Waals surface area contributed by atoms with Crippen LogP contribution in [0, 0.1) is 6.92 Å². The molecular weight excluding hydrogens is 375 g/mol. The standard InChI is InChI=1S/C16H26N4.HI/c1-3-20-10-6-9-15(20)12-19-16(17)18-11-14-8-5-4-7-13(14)2;/h4-5,7-8,15H,3,6,9-12H2,1-2H3,(H3,17,18,19);1H. The van der Waals surface area contributed by atoms with Crippen LogP contribution in [0.2, 0.25) is 0 Å². The largest absolute Gasteiger partial charge is 0.370 e. The normalized spacial score (nSPS) is 19.3. The summed E-state index contributed by atoms with van der Waals surface area (Å²) in [5.41, 5.74) is 8.45. The average molecular weight is 402 g/mol. The van der Waals surface area contributed by atoms with E-state index in [-0.39, 0.29) is 24.0 Å². The van der Waals surface area contributed by atoms with Crippen molar-refractivity contribution in [2.24, 2.45) is 10.7 Å². The van der Waals surface area contributed by atoms with Crippen molar-refractivity contribution in [2.45, 2.75) is 39.3 Å². The summed E-state index contributed by atoms with van der Waals surface area (Å²) in [7, 11) is 0. The molecule has 0 amide bonds. The van der Waals surface area contributed by atoms with Crippen LogP contribution in [-0.4, -0.2) is 36.5 Å². The van der Waals surface area contributed by atoms with Gasteiger partial charge in [-0.2, -0.15) is 0 Å². The first-order valence-electron chi connectivity index (χ1n) is 7.53. The molecule has 0 aromatic heterocycles. The third-order valence-electron chi connectivity index (χ3n) is 4.11. The summed E-state index contributed by atoms with van der Waals surface area (Å²) in [4.78, 5) is 6.93. The molecule has 1 unspecified atom stereocenters. The summed E-state index contributed by atoms with van der Waals surface area (Å²) >= 11 is 0. The van der Waals surface area contributed by atoms with E-state index in [2.05, 4.69) is 41.2 Å². The van der Waals surface area contributed by atoms with Gasteiger partial charge in [-0.05, 0) is 44.0 Å². The fourth-order valence-electron chi connectivity index (χ4n) is 2.78. The highest BCUT2D eigenvalue weighted by Crippen LogP contribution is 2.15. The summed E-state index contributed by atoms with van der Waals surface area (Å²) in [5, 5.41) is 3.26. The van der Waals surface area contributed by atoms with Crippen molar-refractivity contribution < 1.29 is 0 Å². The maximum absolute atomic E-state index is 5.96. The third-order valence-corrected chi connectivity index (χ3v) is 4.11. The number of guanidine groups is 1. The van der Waals surface area contributed by atoms with Gasteiger partial charge in [0.05, 0.1) is 6.54 Å². The van der Waals surface area contributed by atoms with Crippen molar-refractivity contribution in [2.75, 3.05) is 19.6 Å². The topological polar surface area (TPSA) is 53.6 Å². The van der Waals surface area contributed by atoms with Crippen LogP contribution in [0.4, 0.5) is 0 Å². The van der Waals surface area contributed by atoms with Crippen LogP contribution in [0.15, 0.2) is 29.3 Å². The molecule has 5 heteroatoms. The van der Waals surface area contributed by atoms with Crippen molar-refractivity contribution in [3.8, 4) is 0 Å². The number of aryl methyl sites for hydroxylation is 1. The van der Waals surface area contributed by atoms with Crippen molar-refractivity contribution in [1.82, 2.24) is 10.2 Å². The second kappa shape index (κ2) is 9.25. The first kappa shape index (κ1) is 18.2. The summed E-state index contributed by atoms with van der Waals surface area (Å²) in [6, 6.07) is 8.89. The predicted molar refractivity (Wildman–Crippen MR) is 100 cm³/mol. The lowest BCUT2D eigenvalue weighted by molar-refractivity contribution is 0.267. The van der Waals surface area contributed by atoms with Crippen molar-refractivity contribution in [3.05, 3.63) is 35.4 Å². The van der Waals surface area contributed by atoms with E-state index in [1.54, 1.807) is 0 Å². The first-order valence-corrected chi connectivity index (χ1v) is 7.53. The van der Waals surface area contributed by atoms with Crippen LogP contribution in [0.25, 0.3) is 0 Å². The summed E-state index contributed by atoms with van der Waals surface area (Å²) in [6.07, 6.45) is 2.55. The molecule has 1 saturated heterocycles. The number of hydrogen-bond acceptors (Lipinski definition) is 2. The minimum atomic E-state index is 0. The number of hydrogen-bond donors (Lipinski definition) is 2. The third kappa shape index (κ3) is 5.47.